The summed E-state index contributed by atoms with van der Waals surface area (Å²) in [5.41, 5.74) is 0. The molecule has 1 N–H and O–H groups in total. The van der Waals surface area contributed by atoms with Crippen LogP contribution in [0.3, 0.4) is 0 Å². The number of hydrogen-bond acceptors (Lipinski definition) is 2. The maximum Gasteiger partial charge on any atom is 0.317 e. The fraction of sp³-hybridized carbons (Fsp3) is 0.917. The molecule has 0 spiro atoms. The molecule has 94 valence electrons. The number of ether oxygens (including phenoxy) is 1. The molecule has 0 aliphatic carbocycles. The van der Waals surface area contributed by atoms with E-state index in [0.717, 1.165) is 12.8 Å². The van der Waals surface area contributed by atoms with E-state index in [4.69, 9.17) is 4.74 Å². The molecule has 1 atom stereocenters. The molecule has 1 saturated heterocycles. The molecule has 1 heterocycles. The molecule has 1 fully saturated rings. The first-order valence-electron chi connectivity index (χ1n) is 6.22. The average molecular weight is 228 g/mol. The number of amides is 2. The van der Waals surface area contributed by atoms with Gasteiger partial charge in [-0.25, -0.2) is 4.79 Å². The summed E-state index contributed by atoms with van der Waals surface area (Å²) in [6.45, 7) is 9.22. The topological polar surface area (TPSA) is 41.6 Å². The zero-order valence-corrected chi connectivity index (χ0v) is 10.7. The number of hydrogen-bond donors (Lipinski definition) is 1. The minimum atomic E-state index is 0.0551. The third-order valence-corrected chi connectivity index (χ3v) is 2.85. The van der Waals surface area contributed by atoms with Crippen LogP contribution in [0.4, 0.5) is 4.79 Å². The van der Waals surface area contributed by atoms with Gasteiger partial charge in [-0.1, -0.05) is 13.8 Å². The number of urea groups is 1. The van der Waals surface area contributed by atoms with Crippen LogP contribution < -0.4 is 5.32 Å². The summed E-state index contributed by atoms with van der Waals surface area (Å²) in [6.07, 6.45) is 2.21. The van der Waals surface area contributed by atoms with E-state index in [9.17, 15) is 4.79 Å². The highest BCUT2D eigenvalue weighted by Gasteiger charge is 2.17. The summed E-state index contributed by atoms with van der Waals surface area (Å²) in [6, 6.07) is 0.317. The third-order valence-electron chi connectivity index (χ3n) is 2.85. The molecule has 0 radical (unpaired) electrons. The predicted octanol–water partition coefficient (Wildman–Crippen LogP) is 1.85. The van der Waals surface area contributed by atoms with Crippen molar-refractivity contribution in [2.75, 3.05) is 26.3 Å². The first-order valence-corrected chi connectivity index (χ1v) is 6.22. The van der Waals surface area contributed by atoms with Crippen molar-refractivity contribution < 1.29 is 9.53 Å². The molecule has 0 aromatic rings. The molecule has 1 unspecified atom stereocenters. The number of carbonyl (C=O) groups excluding carboxylic acids is 1. The van der Waals surface area contributed by atoms with Crippen molar-refractivity contribution in [1.82, 2.24) is 10.2 Å². The minimum absolute atomic E-state index is 0.0551. The van der Waals surface area contributed by atoms with Crippen LogP contribution in [0.15, 0.2) is 0 Å². The molecule has 1 aliphatic rings. The molecular formula is C12H24N2O2. The Labute approximate surface area is 98.3 Å². The van der Waals surface area contributed by atoms with E-state index in [1.807, 2.05) is 4.90 Å². The van der Waals surface area contributed by atoms with Crippen molar-refractivity contribution >= 4 is 6.03 Å². The summed E-state index contributed by atoms with van der Waals surface area (Å²) in [4.78, 5) is 13.6. The lowest BCUT2D eigenvalue weighted by Crippen LogP contribution is -2.48. The van der Waals surface area contributed by atoms with Gasteiger partial charge in [0.05, 0.1) is 13.2 Å². The molecule has 0 bridgehead atoms. The van der Waals surface area contributed by atoms with Gasteiger partial charge in [0.15, 0.2) is 0 Å². The van der Waals surface area contributed by atoms with E-state index >= 15 is 0 Å². The second kappa shape index (κ2) is 6.74. The van der Waals surface area contributed by atoms with Gasteiger partial charge in [-0.3, -0.25) is 0 Å². The maximum absolute atomic E-state index is 11.8. The van der Waals surface area contributed by atoms with Crippen molar-refractivity contribution in [2.45, 2.75) is 39.7 Å². The average Bonchev–Trinajstić information content (AvgIpc) is 2.27. The van der Waals surface area contributed by atoms with Crippen LogP contribution >= 0.6 is 0 Å². The van der Waals surface area contributed by atoms with Crippen LogP contribution in [0.2, 0.25) is 0 Å². The van der Waals surface area contributed by atoms with Gasteiger partial charge in [0.1, 0.15) is 0 Å². The molecule has 1 rings (SSSR count). The second-order valence-corrected chi connectivity index (χ2v) is 4.92. The molecule has 0 aromatic carbocycles. The second-order valence-electron chi connectivity index (χ2n) is 4.92. The first kappa shape index (κ1) is 13.3. The Bertz CT molecular complexity index is 213. The summed E-state index contributed by atoms with van der Waals surface area (Å²) in [7, 11) is 0. The molecule has 4 heteroatoms. The summed E-state index contributed by atoms with van der Waals surface area (Å²) >= 11 is 0. The van der Waals surface area contributed by atoms with Crippen LogP contribution in [-0.4, -0.2) is 43.3 Å². The molecule has 0 saturated carbocycles. The number of rotatable bonds is 4. The standard InChI is InChI=1S/C12H24N2O2/c1-10(2)4-5-11(3)13-12(15)14-6-8-16-9-7-14/h10-11H,4-9H2,1-3H3,(H,13,15). The number of morpholine rings is 1. The Balaban J connectivity index is 2.21. The van der Waals surface area contributed by atoms with Gasteiger partial charge >= 0.3 is 6.03 Å². The maximum atomic E-state index is 11.8. The lowest BCUT2D eigenvalue weighted by Gasteiger charge is -2.28. The van der Waals surface area contributed by atoms with E-state index < -0.39 is 0 Å². The molecule has 2 amide bonds. The lowest BCUT2D eigenvalue weighted by atomic mass is 10.0. The number of carbonyl (C=O) groups is 1. The molecule has 0 aromatic heterocycles. The normalized spacial score (nSPS) is 18.6. The first-order chi connectivity index (χ1) is 7.59. The molecule has 16 heavy (non-hydrogen) atoms. The number of nitrogens with one attached hydrogen (secondary N) is 1. The van der Waals surface area contributed by atoms with E-state index in [1.54, 1.807) is 0 Å². The molecule has 1 aliphatic heterocycles. The Morgan fingerprint density at radius 1 is 1.25 bits per heavy atom. The van der Waals surface area contributed by atoms with Crippen molar-refractivity contribution in [3.05, 3.63) is 0 Å². The van der Waals surface area contributed by atoms with Gasteiger partial charge in [-0.2, -0.15) is 0 Å². The van der Waals surface area contributed by atoms with Gasteiger partial charge in [-0.15, -0.1) is 0 Å². The van der Waals surface area contributed by atoms with Crippen LogP contribution in [-0.2, 0) is 4.74 Å². The van der Waals surface area contributed by atoms with Crippen molar-refractivity contribution in [3.63, 3.8) is 0 Å². The highest BCUT2D eigenvalue weighted by Crippen LogP contribution is 2.07. The summed E-state index contributed by atoms with van der Waals surface area (Å²) in [5.74, 6) is 0.697. The molecular weight excluding hydrogens is 204 g/mol. The zero-order valence-electron chi connectivity index (χ0n) is 10.7. The summed E-state index contributed by atoms with van der Waals surface area (Å²) < 4.78 is 5.21. The Morgan fingerprint density at radius 2 is 1.88 bits per heavy atom. The van der Waals surface area contributed by atoms with Crippen molar-refractivity contribution in [1.29, 1.82) is 0 Å². The Kier molecular flexibility index (Phi) is 5.60. The molecule has 4 nitrogen and oxygen atoms in total. The third kappa shape index (κ3) is 4.84. The van der Waals surface area contributed by atoms with Gasteiger partial charge in [0.2, 0.25) is 0 Å². The van der Waals surface area contributed by atoms with E-state index in [-0.39, 0.29) is 12.1 Å². The fourth-order valence-electron chi connectivity index (χ4n) is 1.72. The fourth-order valence-corrected chi connectivity index (χ4v) is 1.72. The quantitative estimate of drug-likeness (QED) is 0.798. The largest absolute Gasteiger partial charge is 0.378 e. The van der Waals surface area contributed by atoms with E-state index in [2.05, 4.69) is 26.1 Å². The Morgan fingerprint density at radius 3 is 2.44 bits per heavy atom. The zero-order chi connectivity index (χ0) is 12.0. The summed E-state index contributed by atoms with van der Waals surface area (Å²) in [5, 5.41) is 3.04. The van der Waals surface area contributed by atoms with Crippen LogP contribution in [0.5, 0.6) is 0 Å². The highest BCUT2D eigenvalue weighted by molar-refractivity contribution is 5.74. The lowest BCUT2D eigenvalue weighted by molar-refractivity contribution is 0.0525. The van der Waals surface area contributed by atoms with Crippen LogP contribution in [0, 0.1) is 5.92 Å². The van der Waals surface area contributed by atoms with Crippen molar-refractivity contribution in [2.24, 2.45) is 5.92 Å². The van der Waals surface area contributed by atoms with Crippen LogP contribution in [0.25, 0.3) is 0 Å². The SMILES string of the molecule is CC(C)CCC(C)NC(=O)N1CCOCC1. The van der Waals surface area contributed by atoms with Gasteiger partial charge in [0.25, 0.3) is 0 Å². The Hall–Kier alpha value is -0.770. The van der Waals surface area contributed by atoms with Crippen LogP contribution in [0.1, 0.15) is 33.6 Å². The van der Waals surface area contributed by atoms with Gasteiger partial charge in [-0.05, 0) is 25.7 Å². The van der Waals surface area contributed by atoms with Gasteiger partial charge < -0.3 is 15.0 Å². The number of nitrogens with zero attached hydrogens (tertiary/aromatic N) is 1. The van der Waals surface area contributed by atoms with Crippen molar-refractivity contribution in [3.8, 4) is 0 Å². The van der Waals surface area contributed by atoms with Gasteiger partial charge in [0, 0.05) is 19.1 Å². The highest BCUT2D eigenvalue weighted by atomic mass is 16.5. The van der Waals surface area contributed by atoms with E-state index in [1.165, 1.54) is 0 Å². The smallest absolute Gasteiger partial charge is 0.317 e. The predicted molar refractivity (Wildman–Crippen MR) is 64.5 cm³/mol. The minimum Gasteiger partial charge on any atom is -0.378 e. The van der Waals surface area contributed by atoms with E-state index in [0.29, 0.717) is 32.2 Å². The monoisotopic (exact) mass is 228 g/mol.